The van der Waals surface area contributed by atoms with Crippen molar-refractivity contribution >= 4 is 5.69 Å². The predicted octanol–water partition coefficient (Wildman–Crippen LogP) is 3.44. The van der Waals surface area contributed by atoms with Crippen LogP contribution in [0, 0.1) is 0 Å². The fraction of sp³-hybridized carbons (Fsp3) is 0.625. The van der Waals surface area contributed by atoms with Gasteiger partial charge in [0.15, 0.2) is 0 Å². The van der Waals surface area contributed by atoms with Crippen LogP contribution in [0.1, 0.15) is 39.0 Å². The van der Waals surface area contributed by atoms with Gasteiger partial charge in [-0.2, -0.15) is 0 Å². The summed E-state index contributed by atoms with van der Waals surface area (Å²) in [5.74, 6) is 0. The molecule has 1 atom stereocenters. The van der Waals surface area contributed by atoms with Gasteiger partial charge in [0.25, 0.3) is 0 Å². The molecule has 0 saturated carbocycles. The lowest BCUT2D eigenvalue weighted by atomic mass is 10.1. The third-order valence-electron chi connectivity index (χ3n) is 3.83. The van der Waals surface area contributed by atoms with E-state index in [1.54, 1.807) is 0 Å². The Labute approximate surface area is 111 Å². The number of benzene rings is 1. The van der Waals surface area contributed by atoms with Gasteiger partial charge < -0.3 is 10.2 Å². The zero-order chi connectivity index (χ0) is 12.6. The maximum atomic E-state index is 3.51. The molecule has 18 heavy (non-hydrogen) atoms. The summed E-state index contributed by atoms with van der Waals surface area (Å²) < 4.78 is 0. The highest BCUT2D eigenvalue weighted by Crippen LogP contribution is 2.22. The average Bonchev–Trinajstić information content (AvgIpc) is 2.70. The number of nitrogens with one attached hydrogen (secondary N) is 1. The van der Waals surface area contributed by atoms with Crippen LogP contribution >= 0.6 is 0 Å². The average molecular weight is 246 g/mol. The fourth-order valence-electron chi connectivity index (χ4n) is 2.78. The molecule has 1 heterocycles. The standard InChI is InChI=1S/C16H26N2/c1-2-3-14-18(15-8-5-4-6-9-15)16-10-7-12-17-13-11-16/h4-6,8-9,16-17H,2-3,7,10-14H2,1H3. The molecule has 0 amide bonds. The van der Waals surface area contributed by atoms with Crippen molar-refractivity contribution in [2.75, 3.05) is 24.5 Å². The molecule has 2 nitrogen and oxygen atoms in total. The minimum atomic E-state index is 0.717. The Morgan fingerprint density at radius 1 is 1.17 bits per heavy atom. The van der Waals surface area contributed by atoms with Crippen LogP contribution in [0.25, 0.3) is 0 Å². The van der Waals surface area contributed by atoms with Gasteiger partial charge in [-0.1, -0.05) is 31.5 Å². The monoisotopic (exact) mass is 246 g/mol. The zero-order valence-electron chi connectivity index (χ0n) is 11.6. The fourth-order valence-corrected chi connectivity index (χ4v) is 2.78. The molecular weight excluding hydrogens is 220 g/mol. The number of para-hydroxylation sites is 1. The second-order valence-electron chi connectivity index (χ2n) is 5.22. The van der Waals surface area contributed by atoms with Gasteiger partial charge in [-0.3, -0.25) is 0 Å². The molecule has 0 bridgehead atoms. The Morgan fingerprint density at radius 3 is 2.78 bits per heavy atom. The van der Waals surface area contributed by atoms with Crippen molar-refractivity contribution in [1.82, 2.24) is 5.32 Å². The summed E-state index contributed by atoms with van der Waals surface area (Å²) in [7, 11) is 0. The topological polar surface area (TPSA) is 15.3 Å². The van der Waals surface area contributed by atoms with Crippen molar-refractivity contribution in [3.05, 3.63) is 30.3 Å². The summed E-state index contributed by atoms with van der Waals surface area (Å²) >= 11 is 0. The van der Waals surface area contributed by atoms with E-state index in [1.165, 1.54) is 57.4 Å². The molecule has 1 N–H and O–H groups in total. The molecule has 1 aliphatic heterocycles. The van der Waals surface area contributed by atoms with Crippen LogP contribution in [0.15, 0.2) is 30.3 Å². The minimum Gasteiger partial charge on any atom is -0.369 e. The van der Waals surface area contributed by atoms with E-state index in [1.807, 2.05) is 0 Å². The molecule has 1 aromatic rings. The molecule has 1 aromatic carbocycles. The Kier molecular flexibility index (Phi) is 5.53. The Balaban J connectivity index is 2.08. The first kappa shape index (κ1) is 13.4. The number of nitrogens with zero attached hydrogens (tertiary/aromatic N) is 1. The summed E-state index contributed by atoms with van der Waals surface area (Å²) in [5, 5.41) is 3.51. The summed E-state index contributed by atoms with van der Waals surface area (Å²) in [5.41, 5.74) is 1.40. The molecule has 0 radical (unpaired) electrons. The zero-order valence-corrected chi connectivity index (χ0v) is 11.6. The second kappa shape index (κ2) is 7.42. The molecule has 100 valence electrons. The summed E-state index contributed by atoms with van der Waals surface area (Å²) in [6.07, 6.45) is 6.47. The summed E-state index contributed by atoms with van der Waals surface area (Å²) in [6.45, 7) is 5.83. The number of unbranched alkanes of at least 4 members (excludes halogenated alkanes) is 1. The highest BCUT2D eigenvalue weighted by atomic mass is 15.2. The van der Waals surface area contributed by atoms with E-state index < -0.39 is 0 Å². The van der Waals surface area contributed by atoms with Gasteiger partial charge in [0.2, 0.25) is 0 Å². The van der Waals surface area contributed by atoms with Crippen molar-refractivity contribution in [2.24, 2.45) is 0 Å². The molecular formula is C16H26N2. The normalized spacial score (nSPS) is 20.4. The first-order chi connectivity index (χ1) is 8.92. The number of anilines is 1. The Bertz CT molecular complexity index is 315. The first-order valence-corrected chi connectivity index (χ1v) is 7.44. The van der Waals surface area contributed by atoms with Crippen LogP contribution in [0.2, 0.25) is 0 Å². The van der Waals surface area contributed by atoms with Crippen LogP contribution in [0.5, 0.6) is 0 Å². The second-order valence-corrected chi connectivity index (χ2v) is 5.22. The predicted molar refractivity (Wildman–Crippen MR) is 79.2 cm³/mol. The lowest BCUT2D eigenvalue weighted by Gasteiger charge is -2.33. The molecule has 1 aliphatic rings. The maximum absolute atomic E-state index is 3.51. The molecule has 2 heteroatoms. The van der Waals surface area contributed by atoms with Gasteiger partial charge in [-0.05, 0) is 50.9 Å². The van der Waals surface area contributed by atoms with Crippen LogP contribution < -0.4 is 10.2 Å². The third kappa shape index (κ3) is 3.74. The lowest BCUT2D eigenvalue weighted by Crippen LogP contribution is -2.36. The quantitative estimate of drug-likeness (QED) is 0.856. The van der Waals surface area contributed by atoms with Crippen molar-refractivity contribution in [3.63, 3.8) is 0 Å². The minimum absolute atomic E-state index is 0.717. The first-order valence-electron chi connectivity index (χ1n) is 7.44. The number of hydrogen-bond donors (Lipinski definition) is 1. The highest BCUT2D eigenvalue weighted by Gasteiger charge is 2.19. The van der Waals surface area contributed by atoms with Gasteiger partial charge >= 0.3 is 0 Å². The lowest BCUT2D eigenvalue weighted by molar-refractivity contribution is 0.527. The van der Waals surface area contributed by atoms with Crippen LogP contribution in [-0.4, -0.2) is 25.7 Å². The van der Waals surface area contributed by atoms with Crippen LogP contribution in [-0.2, 0) is 0 Å². The van der Waals surface area contributed by atoms with Gasteiger partial charge in [0.1, 0.15) is 0 Å². The molecule has 0 aromatic heterocycles. The van der Waals surface area contributed by atoms with E-state index in [0.29, 0.717) is 6.04 Å². The Morgan fingerprint density at radius 2 is 2.00 bits per heavy atom. The van der Waals surface area contributed by atoms with E-state index in [-0.39, 0.29) is 0 Å². The van der Waals surface area contributed by atoms with E-state index in [4.69, 9.17) is 0 Å². The smallest absolute Gasteiger partial charge is 0.0368 e. The van der Waals surface area contributed by atoms with Crippen molar-refractivity contribution in [3.8, 4) is 0 Å². The summed E-state index contributed by atoms with van der Waals surface area (Å²) in [6, 6.07) is 11.7. The maximum Gasteiger partial charge on any atom is 0.0368 e. The number of hydrogen-bond acceptors (Lipinski definition) is 2. The molecule has 1 saturated heterocycles. The van der Waals surface area contributed by atoms with E-state index >= 15 is 0 Å². The van der Waals surface area contributed by atoms with Crippen molar-refractivity contribution in [1.29, 1.82) is 0 Å². The highest BCUT2D eigenvalue weighted by molar-refractivity contribution is 5.47. The van der Waals surface area contributed by atoms with E-state index in [2.05, 4.69) is 47.5 Å². The number of rotatable bonds is 5. The van der Waals surface area contributed by atoms with Crippen LogP contribution in [0.3, 0.4) is 0 Å². The van der Waals surface area contributed by atoms with Gasteiger partial charge in [0.05, 0.1) is 0 Å². The van der Waals surface area contributed by atoms with Crippen LogP contribution in [0.4, 0.5) is 5.69 Å². The molecule has 1 unspecified atom stereocenters. The van der Waals surface area contributed by atoms with Gasteiger partial charge in [-0.25, -0.2) is 0 Å². The largest absolute Gasteiger partial charge is 0.369 e. The van der Waals surface area contributed by atoms with Gasteiger partial charge in [-0.15, -0.1) is 0 Å². The van der Waals surface area contributed by atoms with Crippen molar-refractivity contribution in [2.45, 2.75) is 45.1 Å². The third-order valence-corrected chi connectivity index (χ3v) is 3.83. The molecule has 0 aliphatic carbocycles. The molecule has 2 rings (SSSR count). The Hall–Kier alpha value is -1.02. The molecule has 0 spiro atoms. The SMILES string of the molecule is CCCCN(c1ccccc1)C1CCCNCC1. The van der Waals surface area contributed by atoms with E-state index in [9.17, 15) is 0 Å². The molecule has 1 fully saturated rings. The van der Waals surface area contributed by atoms with E-state index in [0.717, 1.165) is 0 Å². The van der Waals surface area contributed by atoms with Gasteiger partial charge in [0, 0.05) is 18.3 Å². The van der Waals surface area contributed by atoms with Crippen molar-refractivity contribution < 1.29 is 0 Å². The summed E-state index contributed by atoms with van der Waals surface area (Å²) in [4.78, 5) is 2.64.